The van der Waals surface area contributed by atoms with Gasteiger partial charge < -0.3 is 18.0 Å². The summed E-state index contributed by atoms with van der Waals surface area (Å²) < 4.78 is 21.8. The van der Waals surface area contributed by atoms with Crippen LogP contribution in [0.4, 0.5) is 0 Å². The number of carbonyl (C=O) groups is 1. The van der Waals surface area contributed by atoms with E-state index in [1.165, 1.54) is 5.01 Å². The van der Waals surface area contributed by atoms with Gasteiger partial charge in [-0.1, -0.05) is 23.3 Å². The minimum absolute atomic E-state index is 0.0915. The molecule has 0 bridgehead atoms. The number of hydrazone groups is 1. The van der Waals surface area contributed by atoms with E-state index >= 15 is 0 Å². The molecule has 0 saturated heterocycles. The van der Waals surface area contributed by atoms with Crippen molar-refractivity contribution in [2.24, 2.45) is 5.10 Å². The van der Waals surface area contributed by atoms with Gasteiger partial charge in [-0.05, 0) is 36.4 Å². The van der Waals surface area contributed by atoms with Gasteiger partial charge in [0, 0.05) is 12.0 Å². The molecule has 0 aliphatic carbocycles. The molecule has 4 aromatic rings. The summed E-state index contributed by atoms with van der Waals surface area (Å²) in [7, 11) is 0. The van der Waals surface area contributed by atoms with Crippen LogP contribution >= 0.6 is 0 Å². The van der Waals surface area contributed by atoms with Gasteiger partial charge in [0.2, 0.25) is 0 Å². The van der Waals surface area contributed by atoms with Gasteiger partial charge in [0.05, 0.1) is 12.5 Å². The van der Waals surface area contributed by atoms with Crippen LogP contribution in [0.2, 0.25) is 0 Å². The zero-order valence-corrected chi connectivity index (χ0v) is 15.7. The predicted octanol–water partition coefficient (Wildman–Crippen LogP) is 3.68. The highest BCUT2D eigenvalue weighted by atomic mass is 16.6. The lowest BCUT2D eigenvalue weighted by atomic mass is 10.1. The molecule has 5 rings (SSSR count). The van der Waals surface area contributed by atoms with E-state index in [1.807, 2.05) is 30.3 Å². The minimum Gasteiger partial charge on any atom is -0.467 e. The van der Waals surface area contributed by atoms with E-state index in [-0.39, 0.29) is 18.6 Å². The van der Waals surface area contributed by atoms with Crippen molar-refractivity contribution in [1.82, 2.24) is 15.2 Å². The van der Waals surface area contributed by atoms with Crippen LogP contribution in [0, 0.1) is 0 Å². The third-order valence-corrected chi connectivity index (χ3v) is 4.59. The maximum absolute atomic E-state index is 12.8. The molecule has 1 aliphatic heterocycles. The quantitative estimate of drug-likeness (QED) is 0.482. The first-order valence-electron chi connectivity index (χ1n) is 9.26. The van der Waals surface area contributed by atoms with Crippen LogP contribution < -0.4 is 4.74 Å². The molecule has 0 N–H and O–H groups in total. The molecule has 0 fully saturated rings. The molecule has 0 spiro atoms. The number of furan rings is 2. The maximum atomic E-state index is 12.8. The monoisotopic (exact) mass is 404 g/mol. The maximum Gasteiger partial charge on any atom is 0.415 e. The van der Waals surface area contributed by atoms with E-state index in [4.69, 9.17) is 18.0 Å². The first-order chi connectivity index (χ1) is 14.8. The second kappa shape index (κ2) is 7.70. The number of benzene rings is 1. The molecule has 1 aliphatic rings. The van der Waals surface area contributed by atoms with E-state index in [2.05, 4.69) is 15.3 Å². The van der Waals surface area contributed by atoms with Gasteiger partial charge in [-0.15, -0.1) is 5.10 Å². The zero-order chi connectivity index (χ0) is 20.3. The summed E-state index contributed by atoms with van der Waals surface area (Å²) in [6.07, 6.45) is 3.49. The first kappa shape index (κ1) is 17.9. The van der Waals surface area contributed by atoms with Crippen molar-refractivity contribution in [1.29, 1.82) is 0 Å². The zero-order valence-electron chi connectivity index (χ0n) is 15.7. The van der Waals surface area contributed by atoms with Crippen LogP contribution in [0.25, 0.3) is 11.5 Å². The molecule has 30 heavy (non-hydrogen) atoms. The Morgan fingerprint density at radius 1 is 1.03 bits per heavy atom. The summed E-state index contributed by atoms with van der Waals surface area (Å²) in [5.41, 5.74) is 1.41. The fourth-order valence-corrected chi connectivity index (χ4v) is 3.19. The number of rotatable bonds is 6. The second-order valence-electron chi connectivity index (χ2n) is 6.53. The lowest BCUT2D eigenvalue weighted by Gasteiger charge is -2.19. The highest BCUT2D eigenvalue weighted by molar-refractivity contribution is 6.01. The smallest absolute Gasteiger partial charge is 0.415 e. The van der Waals surface area contributed by atoms with Gasteiger partial charge >= 0.3 is 6.08 Å². The van der Waals surface area contributed by atoms with Crippen LogP contribution in [0.5, 0.6) is 6.08 Å². The molecule has 1 unspecified atom stereocenters. The molecule has 4 heterocycles. The van der Waals surface area contributed by atoms with Crippen molar-refractivity contribution in [3.63, 3.8) is 0 Å². The van der Waals surface area contributed by atoms with E-state index in [1.54, 1.807) is 36.8 Å². The van der Waals surface area contributed by atoms with E-state index in [0.717, 1.165) is 5.56 Å². The topological polar surface area (TPSA) is 107 Å². The Hall–Kier alpha value is -4.14. The summed E-state index contributed by atoms with van der Waals surface area (Å²) in [6.45, 7) is -0.317. The Morgan fingerprint density at radius 2 is 1.87 bits per heavy atom. The molecular formula is C21H16N4O5. The van der Waals surface area contributed by atoms with Crippen molar-refractivity contribution in [3.05, 3.63) is 78.6 Å². The summed E-state index contributed by atoms with van der Waals surface area (Å²) in [5.74, 6) is 1.16. The number of hydrogen-bond acceptors (Lipinski definition) is 8. The molecule has 9 nitrogen and oxygen atoms in total. The molecule has 1 atom stereocenters. The van der Waals surface area contributed by atoms with Crippen molar-refractivity contribution < 1.29 is 22.8 Å². The predicted molar refractivity (Wildman–Crippen MR) is 103 cm³/mol. The van der Waals surface area contributed by atoms with Crippen LogP contribution in [0.1, 0.15) is 24.0 Å². The van der Waals surface area contributed by atoms with Crippen molar-refractivity contribution >= 4 is 11.6 Å². The summed E-state index contributed by atoms with van der Waals surface area (Å²) in [4.78, 5) is 12.8. The summed E-state index contributed by atoms with van der Waals surface area (Å²) in [5, 5.41) is 13.5. The average Bonchev–Trinajstić information content (AvgIpc) is 3.57. The van der Waals surface area contributed by atoms with Gasteiger partial charge in [-0.3, -0.25) is 4.79 Å². The minimum atomic E-state index is -0.390. The third-order valence-electron chi connectivity index (χ3n) is 4.59. The molecule has 9 heteroatoms. The fourth-order valence-electron chi connectivity index (χ4n) is 3.19. The number of nitrogens with zero attached hydrogens (tertiary/aromatic N) is 4. The first-order valence-corrected chi connectivity index (χ1v) is 9.26. The van der Waals surface area contributed by atoms with Crippen LogP contribution in [0.3, 0.4) is 0 Å². The Labute approximate surface area is 170 Å². The molecular weight excluding hydrogens is 388 g/mol. The molecule has 0 saturated carbocycles. The van der Waals surface area contributed by atoms with Crippen LogP contribution in [-0.4, -0.2) is 33.4 Å². The molecule has 0 radical (unpaired) electrons. The molecule has 150 valence electrons. The van der Waals surface area contributed by atoms with Crippen LogP contribution in [-0.2, 0) is 4.79 Å². The fraction of sp³-hybridized carbons (Fsp3) is 0.143. The number of amides is 1. The number of aromatic nitrogens is 2. The van der Waals surface area contributed by atoms with Gasteiger partial charge in [-0.25, -0.2) is 5.01 Å². The SMILES string of the molecule is O=C(COc1nnc(-c2ccccc2)o1)N1N=C(c2ccco2)CC1c1ccco1. The largest absolute Gasteiger partial charge is 0.467 e. The Kier molecular flexibility index (Phi) is 4.60. The van der Waals surface area contributed by atoms with Crippen molar-refractivity contribution in [2.45, 2.75) is 12.5 Å². The lowest BCUT2D eigenvalue weighted by Crippen LogP contribution is -2.31. The Morgan fingerprint density at radius 3 is 2.63 bits per heavy atom. The van der Waals surface area contributed by atoms with Gasteiger partial charge in [0.1, 0.15) is 23.3 Å². The van der Waals surface area contributed by atoms with Gasteiger partial charge in [0.25, 0.3) is 11.8 Å². The average molecular weight is 404 g/mol. The molecule has 3 aromatic heterocycles. The normalized spacial score (nSPS) is 15.9. The van der Waals surface area contributed by atoms with E-state index in [0.29, 0.717) is 29.5 Å². The number of ether oxygens (including phenoxy) is 1. The van der Waals surface area contributed by atoms with E-state index < -0.39 is 6.04 Å². The third kappa shape index (κ3) is 3.48. The molecule has 1 amide bonds. The van der Waals surface area contributed by atoms with Gasteiger partial charge in [0.15, 0.2) is 6.61 Å². The second-order valence-corrected chi connectivity index (χ2v) is 6.53. The highest BCUT2D eigenvalue weighted by Gasteiger charge is 2.36. The van der Waals surface area contributed by atoms with E-state index in [9.17, 15) is 4.79 Å². The summed E-state index contributed by atoms with van der Waals surface area (Å²) in [6, 6.07) is 16.0. The van der Waals surface area contributed by atoms with Crippen molar-refractivity contribution in [2.75, 3.05) is 6.61 Å². The van der Waals surface area contributed by atoms with Gasteiger partial charge in [-0.2, -0.15) is 5.10 Å². The lowest BCUT2D eigenvalue weighted by molar-refractivity contribution is -0.136. The Balaban J connectivity index is 1.31. The van der Waals surface area contributed by atoms with Crippen LogP contribution in [0.15, 0.2) is 85.5 Å². The number of carbonyl (C=O) groups excluding carboxylic acids is 1. The Bertz CT molecular complexity index is 1150. The standard InChI is InChI=1S/C21H16N4O5/c26-19(13-29-21-23-22-20(30-21)14-6-2-1-3-7-14)25-16(18-9-5-11-28-18)12-15(24-25)17-8-4-10-27-17/h1-11,16H,12-13H2. The van der Waals surface area contributed by atoms with Crippen molar-refractivity contribution in [3.8, 4) is 17.5 Å². The summed E-state index contributed by atoms with van der Waals surface area (Å²) >= 11 is 0. The molecule has 1 aromatic carbocycles. The highest BCUT2D eigenvalue weighted by Crippen LogP contribution is 2.33. The number of hydrogen-bond donors (Lipinski definition) is 0.